The highest BCUT2D eigenvalue weighted by Crippen LogP contribution is 2.28. The molecule has 2 rings (SSSR count). The summed E-state index contributed by atoms with van der Waals surface area (Å²) in [4.78, 5) is 0. The molecule has 0 aliphatic rings. The van der Waals surface area contributed by atoms with Gasteiger partial charge >= 0.3 is 0 Å². The topological polar surface area (TPSA) is 53.1 Å². The number of rotatable bonds is 4. The molecule has 0 aliphatic heterocycles. The molecule has 102 valence electrons. The average Bonchev–Trinajstić information content (AvgIpc) is 2.65. The van der Waals surface area contributed by atoms with Gasteiger partial charge < -0.3 is 10.5 Å². The van der Waals surface area contributed by atoms with Crippen molar-refractivity contribution in [2.45, 2.75) is 33.4 Å². The Bertz CT molecular complexity index is 578. The van der Waals surface area contributed by atoms with E-state index in [1.165, 1.54) is 6.07 Å². The van der Waals surface area contributed by atoms with Crippen molar-refractivity contribution in [2.75, 3.05) is 5.73 Å². The summed E-state index contributed by atoms with van der Waals surface area (Å²) < 4.78 is 20.9. The third-order valence-corrected chi connectivity index (χ3v) is 2.90. The van der Waals surface area contributed by atoms with Gasteiger partial charge in [0.25, 0.3) is 0 Å². The van der Waals surface area contributed by atoms with Crippen LogP contribution in [0.5, 0.6) is 5.88 Å². The normalized spacial score (nSPS) is 11.0. The number of aryl methyl sites for hydroxylation is 1. The molecule has 0 amide bonds. The van der Waals surface area contributed by atoms with E-state index in [0.717, 1.165) is 5.69 Å². The first-order valence-corrected chi connectivity index (χ1v) is 6.21. The van der Waals surface area contributed by atoms with Gasteiger partial charge in [-0.2, -0.15) is 5.10 Å². The highest BCUT2D eigenvalue weighted by atomic mass is 19.1. The zero-order valence-electron chi connectivity index (χ0n) is 11.4. The highest BCUT2D eigenvalue weighted by molar-refractivity contribution is 5.52. The van der Waals surface area contributed by atoms with E-state index >= 15 is 0 Å². The molecule has 0 spiro atoms. The molecule has 5 heteroatoms. The molecule has 0 fully saturated rings. The number of anilines is 1. The minimum Gasteiger partial charge on any atom is -0.471 e. The summed E-state index contributed by atoms with van der Waals surface area (Å²) >= 11 is 0. The largest absolute Gasteiger partial charge is 0.471 e. The molecule has 0 radical (unpaired) electrons. The second kappa shape index (κ2) is 5.30. The smallest absolute Gasteiger partial charge is 0.236 e. The summed E-state index contributed by atoms with van der Waals surface area (Å²) in [5, 5.41) is 4.32. The van der Waals surface area contributed by atoms with Crippen LogP contribution in [0.2, 0.25) is 0 Å². The molecule has 2 N–H and O–H groups in total. The first kappa shape index (κ1) is 13.4. The number of halogens is 1. The number of hydrogen-bond donors (Lipinski definition) is 1. The SMILES string of the molecule is Cc1nn(C(C)C)c(OCc2ccccc2F)c1N. The molecular weight excluding hydrogens is 245 g/mol. The number of nitrogens with zero attached hydrogens (tertiary/aromatic N) is 2. The Labute approximate surface area is 112 Å². The van der Waals surface area contributed by atoms with E-state index in [0.29, 0.717) is 17.1 Å². The van der Waals surface area contributed by atoms with Crippen LogP contribution < -0.4 is 10.5 Å². The van der Waals surface area contributed by atoms with Crippen molar-refractivity contribution in [2.24, 2.45) is 0 Å². The molecule has 0 bridgehead atoms. The molecule has 0 saturated heterocycles. The summed E-state index contributed by atoms with van der Waals surface area (Å²) in [6.45, 7) is 5.93. The molecule has 1 aromatic heterocycles. The first-order chi connectivity index (χ1) is 9.00. The Morgan fingerprint density at radius 2 is 2.05 bits per heavy atom. The van der Waals surface area contributed by atoms with Crippen molar-refractivity contribution in [1.29, 1.82) is 0 Å². The van der Waals surface area contributed by atoms with Crippen molar-refractivity contribution in [3.8, 4) is 5.88 Å². The fourth-order valence-electron chi connectivity index (χ4n) is 1.79. The molecule has 0 saturated carbocycles. The third-order valence-electron chi connectivity index (χ3n) is 2.90. The minimum absolute atomic E-state index is 0.131. The second-order valence-corrected chi connectivity index (χ2v) is 4.72. The lowest BCUT2D eigenvalue weighted by Gasteiger charge is -2.12. The molecule has 1 heterocycles. The molecular formula is C14H18FN3O. The molecule has 0 atom stereocenters. The molecule has 19 heavy (non-hydrogen) atoms. The van der Waals surface area contributed by atoms with Crippen LogP contribution in [0, 0.1) is 12.7 Å². The van der Waals surface area contributed by atoms with Crippen LogP contribution in [0.1, 0.15) is 31.1 Å². The van der Waals surface area contributed by atoms with Crippen molar-refractivity contribution in [3.63, 3.8) is 0 Å². The van der Waals surface area contributed by atoms with Gasteiger partial charge in [-0.25, -0.2) is 9.07 Å². The van der Waals surface area contributed by atoms with Crippen LogP contribution in [0.15, 0.2) is 24.3 Å². The summed E-state index contributed by atoms with van der Waals surface area (Å²) in [5.74, 6) is 0.212. The van der Waals surface area contributed by atoms with Crippen molar-refractivity contribution in [1.82, 2.24) is 9.78 Å². The van der Waals surface area contributed by atoms with E-state index < -0.39 is 0 Å². The van der Waals surface area contributed by atoms with Crippen LogP contribution in [0.3, 0.4) is 0 Å². The van der Waals surface area contributed by atoms with Crippen molar-refractivity contribution in [3.05, 3.63) is 41.3 Å². The van der Waals surface area contributed by atoms with E-state index in [2.05, 4.69) is 5.10 Å². The molecule has 4 nitrogen and oxygen atoms in total. The van der Waals surface area contributed by atoms with Gasteiger partial charge in [-0.3, -0.25) is 0 Å². The predicted octanol–water partition coefficient (Wildman–Crippen LogP) is 3.07. The van der Waals surface area contributed by atoms with Gasteiger partial charge in [0.05, 0.1) is 11.7 Å². The summed E-state index contributed by atoms with van der Waals surface area (Å²) in [6.07, 6.45) is 0. The van der Waals surface area contributed by atoms with E-state index in [1.807, 2.05) is 20.8 Å². The molecule has 2 aromatic rings. The number of nitrogen functional groups attached to an aromatic ring is 1. The highest BCUT2D eigenvalue weighted by Gasteiger charge is 2.16. The Kier molecular flexibility index (Phi) is 3.74. The fraction of sp³-hybridized carbons (Fsp3) is 0.357. The Morgan fingerprint density at radius 1 is 1.37 bits per heavy atom. The average molecular weight is 263 g/mol. The number of nitrogens with two attached hydrogens (primary N) is 1. The Morgan fingerprint density at radius 3 is 2.68 bits per heavy atom. The van der Waals surface area contributed by atoms with Crippen molar-refractivity contribution < 1.29 is 9.13 Å². The third kappa shape index (κ3) is 2.70. The van der Waals surface area contributed by atoms with Gasteiger partial charge in [-0.05, 0) is 26.8 Å². The van der Waals surface area contributed by atoms with Crippen LogP contribution in [-0.4, -0.2) is 9.78 Å². The van der Waals surface area contributed by atoms with Gasteiger partial charge in [0.2, 0.25) is 5.88 Å². The van der Waals surface area contributed by atoms with Crippen LogP contribution in [-0.2, 0) is 6.61 Å². The number of ether oxygens (including phenoxy) is 1. The van der Waals surface area contributed by atoms with Gasteiger partial charge in [0.15, 0.2) is 0 Å². The van der Waals surface area contributed by atoms with E-state index in [1.54, 1.807) is 22.9 Å². The maximum absolute atomic E-state index is 13.5. The van der Waals surface area contributed by atoms with Crippen LogP contribution >= 0.6 is 0 Å². The summed E-state index contributed by atoms with van der Waals surface area (Å²) in [6, 6.07) is 6.65. The van der Waals surface area contributed by atoms with Gasteiger partial charge in [0.1, 0.15) is 18.1 Å². The molecule has 0 unspecified atom stereocenters. The van der Waals surface area contributed by atoms with Crippen molar-refractivity contribution >= 4 is 5.69 Å². The number of aromatic nitrogens is 2. The van der Waals surface area contributed by atoms with Gasteiger partial charge in [-0.1, -0.05) is 18.2 Å². The maximum atomic E-state index is 13.5. The summed E-state index contributed by atoms with van der Waals surface area (Å²) in [7, 11) is 0. The predicted molar refractivity (Wildman–Crippen MR) is 72.5 cm³/mol. The first-order valence-electron chi connectivity index (χ1n) is 6.21. The van der Waals surface area contributed by atoms with Crippen LogP contribution in [0.25, 0.3) is 0 Å². The van der Waals surface area contributed by atoms with Crippen LogP contribution in [0.4, 0.5) is 10.1 Å². The quantitative estimate of drug-likeness (QED) is 0.922. The van der Waals surface area contributed by atoms with E-state index in [4.69, 9.17) is 10.5 Å². The lowest BCUT2D eigenvalue weighted by Crippen LogP contribution is -2.08. The minimum atomic E-state index is -0.284. The summed E-state index contributed by atoms with van der Waals surface area (Å²) in [5.41, 5.74) is 7.66. The molecule has 1 aromatic carbocycles. The second-order valence-electron chi connectivity index (χ2n) is 4.72. The molecule has 0 aliphatic carbocycles. The number of benzene rings is 1. The number of hydrogen-bond acceptors (Lipinski definition) is 3. The lowest BCUT2D eigenvalue weighted by molar-refractivity contribution is 0.262. The zero-order chi connectivity index (χ0) is 14.0. The van der Waals surface area contributed by atoms with E-state index in [-0.39, 0.29) is 18.5 Å². The van der Waals surface area contributed by atoms with Gasteiger partial charge in [0, 0.05) is 5.56 Å². The maximum Gasteiger partial charge on any atom is 0.236 e. The lowest BCUT2D eigenvalue weighted by atomic mass is 10.2. The Balaban J connectivity index is 2.22. The monoisotopic (exact) mass is 263 g/mol. The fourth-order valence-corrected chi connectivity index (χ4v) is 1.79. The van der Waals surface area contributed by atoms with E-state index in [9.17, 15) is 4.39 Å². The zero-order valence-corrected chi connectivity index (χ0v) is 11.4. The van der Waals surface area contributed by atoms with Gasteiger partial charge in [-0.15, -0.1) is 0 Å². The standard InChI is InChI=1S/C14H18FN3O/c1-9(2)18-14(13(16)10(3)17-18)19-8-11-6-4-5-7-12(11)15/h4-7,9H,8,16H2,1-3H3. The Hall–Kier alpha value is -2.04.